The fourth-order valence-corrected chi connectivity index (χ4v) is 3.76. The van der Waals surface area contributed by atoms with Crippen LogP contribution in [-0.4, -0.2) is 16.3 Å². The maximum Gasteiger partial charge on any atom is 0.133 e. The number of nitrogens with one attached hydrogen (secondary N) is 1. The van der Waals surface area contributed by atoms with Crippen molar-refractivity contribution in [1.29, 1.82) is 0 Å². The van der Waals surface area contributed by atoms with Crippen LogP contribution in [0.25, 0.3) is 5.69 Å². The minimum atomic E-state index is 0.695. The van der Waals surface area contributed by atoms with E-state index in [0.29, 0.717) is 5.92 Å². The van der Waals surface area contributed by atoms with E-state index in [2.05, 4.69) is 42.0 Å². The molecule has 1 aromatic heterocycles. The van der Waals surface area contributed by atoms with Gasteiger partial charge in [0.1, 0.15) is 5.82 Å². The number of rotatable bonds is 2. The van der Waals surface area contributed by atoms with Crippen LogP contribution in [0, 0.1) is 13.8 Å². The molecular weight excluding hydrogens is 270 g/mol. The zero-order valence-corrected chi connectivity index (χ0v) is 13.7. The summed E-state index contributed by atoms with van der Waals surface area (Å²) in [4.78, 5) is 0. The van der Waals surface area contributed by atoms with E-state index in [1.54, 1.807) is 0 Å². The van der Waals surface area contributed by atoms with Gasteiger partial charge < -0.3 is 5.32 Å². The summed E-state index contributed by atoms with van der Waals surface area (Å²) >= 11 is 0. The van der Waals surface area contributed by atoms with Gasteiger partial charge in [0.2, 0.25) is 0 Å². The lowest BCUT2D eigenvalue weighted by Gasteiger charge is -2.24. The van der Waals surface area contributed by atoms with Crippen LogP contribution in [0.2, 0.25) is 0 Å². The van der Waals surface area contributed by atoms with Crippen LogP contribution in [-0.2, 0) is 6.42 Å². The van der Waals surface area contributed by atoms with Gasteiger partial charge in [0, 0.05) is 18.0 Å². The summed E-state index contributed by atoms with van der Waals surface area (Å²) in [5.41, 5.74) is 6.70. The van der Waals surface area contributed by atoms with E-state index >= 15 is 0 Å². The molecule has 0 unspecified atom stereocenters. The summed E-state index contributed by atoms with van der Waals surface area (Å²) in [6.45, 7) is 5.41. The molecule has 0 spiro atoms. The maximum atomic E-state index is 5.07. The second kappa shape index (κ2) is 5.45. The van der Waals surface area contributed by atoms with E-state index in [-0.39, 0.29) is 0 Å². The Bertz CT molecular complexity index is 695. The SMILES string of the molecule is Cc1ccc(-n2nc(C3CCC3)c3c2NCCCC3)c(C)c1. The van der Waals surface area contributed by atoms with Gasteiger partial charge in [-0.2, -0.15) is 5.10 Å². The third-order valence-electron chi connectivity index (χ3n) is 5.23. The van der Waals surface area contributed by atoms with Crippen molar-refractivity contribution in [3.8, 4) is 5.69 Å². The molecule has 0 bridgehead atoms. The van der Waals surface area contributed by atoms with Crippen LogP contribution in [0.15, 0.2) is 18.2 Å². The van der Waals surface area contributed by atoms with E-state index in [0.717, 1.165) is 6.54 Å². The van der Waals surface area contributed by atoms with Crippen molar-refractivity contribution < 1.29 is 0 Å². The highest BCUT2D eigenvalue weighted by atomic mass is 15.3. The molecule has 1 fully saturated rings. The predicted octanol–water partition coefficient (Wildman–Crippen LogP) is 4.50. The Labute approximate surface area is 132 Å². The molecule has 4 rings (SSSR count). The highest BCUT2D eigenvalue weighted by Gasteiger charge is 2.29. The Morgan fingerprint density at radius 3 is 2.73 bits per heavy atom. The Balaban J connectivity index is 1.86. The summed E-state index contributed by atoms with van der Waals surface area (Å²) in [6, 6.07) is 6.66. The van der Waals surface area contributed by atoms with Crippen LogP contribution in [0.1, 0.15) is 60.4 Å². The molecule has 0 atom stereocenters. The fraction of sp³-hybridized carbons (Fsp3) is 0.526. The summed E-state index contributed by atoms with van der Waals surface area (Å²) in [7, 11) is 0. The monoisotopic (exact) mass is 295 g/mol. The zero-order chi connectivity index (χ0) is 15.1. The highest BCUT2D eigenvalue weighted by molar-refractivity contribution is 5.57. The number of anilines is 1. The third-order valence-corrected chi connectivity index (χ3v) is 5.23. The number of aromatic nitrogens is 2. The van der Waals surface area contributed by atoms with Gasteiger partial charge in [-0.25, -0.2) is 4.68 Å². The van der Waals surface area contributed by atoms with Gasteiger partial charge in [-0.3, -0.25) is 0 Å². The summed E-state index contributed by atoms with van der Waals surface area (Å²) in [6.07, 6.45) is 7.71. The number of hydrogen-bond donors (Lipinski definition) is 1. The molecule has 2 aromatic rings. The molecule has 1 saturated carbocycles. The molecule has 1 N–H and O–H groups in total. The van der Waals surface area contributed by atoms with Crippen LogP contribution < -0.4 is 5.32 Å². The second-order valence-electron chi connectivity index (χ2n) is 6.93. The van der Waals surface area contributed by atoms with Gasteiger partial charge in [-0.05, 0) is 57.6 Å². The largest absolute Gasteiger partial charge is 0.370 e. The van der Waals surface area contributed by atoms with Crippen molar-refractivity contribution in [2.75, 3.05) is 11.9 Å². The molecule has 1 aliphatic carbocycles. The van der Waals surface area contributed by atoms with Gasteiger partial charge in [-0.1, -0.05) is 24.1 Å². The Hall–Kier alpha value is -1.77. The smallest absolute Gasteiger partial charge is 0.133 e. The summed E-state index contributed by atoms with van der Waals surface area (Å²) in [5, 5.41) is 8.73. The topological polar surface area (TPSA) is 29.9 Å². The third kappa shape index (κ3) is 2.23. The minimum Gasteiger partial charge on any atom is -0.370 e. The second-order valence-corrected chi connectivity index (χ2v) is 6.93. The van der Waals surface area contributed by atoms with E-state index in [4.69, 9.17) is 5.10 Å². The van der Waals surface area contributed by atoms with Crippen LogP contribution in [0.3, 0.4) is 0 Å². The Morgan fingerprint density at radius 2 is 2.00 bits per heavy atom. The average molecular weight is 295 g/mol. The molecule has 116 valence electrons. The molecule has 3 nitrogen and oxygen atoms in total. The first kappa shape index (κ1) is 13.9. The number of hydrogen-bond acceptors (Lipinski definition) is 2. The van der Waals surface area contributed by atoms with Crippen molar-refractivity contribution in [3.63, 3.8) is 0 Å². The van der Waals surface area contributed by atoms with Crippen molar-refractivity contribution in [1.82, 2.24) is 9.78 Å². The Kier molecular flexibility index (Phi) is 3.44. The van der Waals surface area contributed by atoms with Crippen molar-refractivity contribution in [2.45, 2.75) is 58.3 Å². The molecule has 0 saturated heterocycles. The quantitative estimate of drug-likeness (QED) is 0.883. The number of benzene rings is 1. The summed E-state index contributed by atoms with van der Waals surface area (Å²) in [5.74, 6) is 1.95. The van der Waals surface area contributed by atoms with Gasteiger partial charge in [0.25, 0.3) is 0 Å². The standard InChI is InChI=1S/C19H25N3/c1-13-9-10-17(14(2)12-13)22-19-16(8-3-4-11-20-19)18(21-22)15-6-5-7-15/h9-10,12,15,20H,3-8,11H2,1-2H3. The van der Waals surface area contributed by atoms with Crippen molar-refractivity contribution >= 4 is 5.82 Å². The molecule has 0 radical (unpaired) electrons. The van der Waals surface area contributed by atoms with E-state index in [1.807, 2.05) is 0 Å². The number of fused-ring (bicyclic) bond motifs is 1. The lowest BCUT2D eigenvalue weighted by molar-refractivity contribution is 0.406. The molecule has 0 amide bonds. The molecule has 3 heteroatoms. The molecule has 2 aliphatic rings. The number of nitrogens with zero attached hydrogens (tertiary/aromatic N) is 2. The summed E-state index contributed by atoms with van der Waals surface area (Å²) < 4.78 is 2.18. The van der Waals surface area contributed by atoms with E-state index < -0.39 is 0 Å². The normalized spacial score (nSPS) is 18.3. The van der Waals surface area contributed by atoms with Gasteiger partial charge in [-0.15, -0.1) is 0 Å². The van der Waals surface area contributed by atoms with E-state index in [1.165, 1.54) is 72.4 Å². The first-order valence-corrected chi connectivity index (χ1v) is 8.67. The van der Waals surface area contributed by atoms with Crippen molar-refractivity contribution in [2.24, 2.45) is 0 Å². The maximum absolute atomic E-state index is 5.07. The average Bonchev–Trinajstić information content (AvgIpc) is 2.63. The van der Waals surface area contributed by atoms with Crippen molar-refractivity contribution in [3.05, 3.63) is 40.6 Å². The first-order chi connectivity index (χ1) is 10.7. The molecule has 22 heavy (non-hydrogen) atoms. The fourth-order valence-electron chi connectivity index (χ4n) is 3.76. The molecular formula is C19H25N3. The molecule has 2 heterocycles. The number of aryl methyl sites for hydroxylation is 2. The molecule has 1 aromatic carbocycles. The van der Waals surface area contributed by atoms with E-state index in [9.17, 15) is 0 Å². The predicted molar refractivity (Wildman–Crippen MR) is 91.1 cm³/mol. The van der Waals surface area contributed by atoms with Gasteiger partial charge >= 0.3 is 0 Å². The lowest BCUT2D eigenvalue weighted by Crippen LogP contribution is -2.12. The molecule has 1 aliphatic heterocycles. The van der Waals surface area contributed by atoms with Crippen LogP contribution in [0.5, 0.6) is 0 Å². The minimum absolute atomic E-state index is 0.695. The van der Waals surface area contributed by atoms with Gasteiger partial charge in [0.15, 0.2) is 0 Å². The van der Waals surface area contributed by atoms with Crippen LogP contribution in [0.4, 0.5) is 5.82 Å². The highest BCUT2D eigenvalue weighted by Crippen LogP contribution is 2.41. The van der Waals surface area contributed by atoms with Gasteiger partial charge in [0.05, 0.1) is 11.4 Å². The Morgan fingerprint density at radius 1 is 1.14 bits per heavy atom. The van der Waals surface area contributed by atoms with Crippen LogP contribution >= 0.6 is 0 Å². The first-order valence-electron chi connectivity index (χ1n) is 8.67. The lowest BCUT2D eigenvalue weighted by atomic mass is 9.81. The zero-order valence-electron chi connectivity index (χ0n) is 13.7.